The van der Waals surface area contributed by atoms with Crippen molar-refractivity contribution in [3.8, 4) is 0 Å². The number of aromatic nitrogens is 2. The molecule has 0 amide bonds. The fraction of sp³-hybridized carbons (Fsp3) is 0.667. The zero-order valence-electron chi connectivity index (χ0n) is 11.4. The van der Waals surface area contributed by atoms with Crippen LogP contribution >= 0.6 is 24.0 Å². The standard InChI is InChI=1S/C12H21N5.HI/c1-12(2)7-10(12)16-11(13-3)14-8-9-5-6-15-17(9)4;/h5-6,10H,7-8H2,1-4H3,(H2,13,14,16);1H. The van der Waals surface area contributed by atoms with Gasteiger partial charge >= 0.3 is 0 Å². The SMILES string of the molecule is CN=C(NCc1ccnn1C)NC1CC1(C)C.I. The van der Waals surface area contributed by atoms with Gasteiger partial charge in [0.2, 0.25) is 0 Å². The topological polar surface area (TPSA) is 54.2 Å². The summed E-state index contributed by atoms with van der Waals surface area (Å²) in [6.07, 6.45) is 3.01. The molecule has 102 valence electrons. The molecular formula is C12H22IN5. The molecule has 1 fully saturated rings. The fourth-order valence-corrected chi connectivity index (χ4v) is 1.82. The van der Waals surface area contributed by atoms with E-state index in [0.29, 0.717) is 11.5 Å². The van der Waals surface area contributed by atoms with Crippen LogP contribution in [0.3, 0.4) is 0 Å². The second-order valence-electron chi connectivity index (χ2n) is 5.26. The highest BCUT2D eigenvalue weighted by atomic mass is 127. The van der Waals surface area contributed by atoms with Crippen LogP contribution in [0.4, 0.5) is 0 Å². The monoisotopic (exact) mass is 363 g/mol. The lowest BCUT2D eigenvalue weighted by Crippen LogP contribution is -2.39. The van der Waals surface area contributed by atoms with Crippen LogP contribution in [0.5, 0.6) is 0 Å². The average Bonchev–Trinajstić information content (AvgIpc) is 2.69. The molecule has 1 aromatic heterocycles. The number of nitrogens with one attached hydrogen (secondary N) is 2. The predicted molar refractivity (Wildman–Crippen MR) is 84.1 cm³/mol. The largest absolute Gasteiger partial charge is 0.353 e. The van der Waals surface area contributed by atoms with Crippen molar-refractivity contribution in [3.63, 3.8) is 0 Å². The van der Waals surface area contributed by atoms with Crippen LogP contribution in [0.15, 0.2) is 17.3 Å². The Morgan fingerprint density at radius 3 is 2.72 bits per heavy atom. The first-order valence-electron chi connectivity index (χ1n) is 5.97. The van der Waals surface area contributed by atoms with E-state index in [1.807, 2.05) is 17.8 Å². The summed E-state index contributed by atoms with van der Waals surface area (Å²) >= 11 is 0. The number of aryl methyl sites for hydroxylation is 1. The molecule has 1 saturated carbocycles. The Labute approximate surface area is 125 Å². The molecule has 0 radical (unpaired) electrons. The smallest absolute Gasteiger partial charge is 0.191 e. The van der Waals surface area contributed by atoms with Crippen LogP contribution in [0.25, 0.3) is 0 Å². The molecule has 2 N–H and O–H groups in total. The Balaban J connectivity index is 0.00000162. The molecule has 2 rings (SSSR count). The molecule has 0 bridgehead atoms. The summed E-state index contributed by atoms with van der Waals surface area (Å²) in [7, 11) is 3.74. The third-order valence-corrected chi connectivity index (χ3v) is 3.41. The van der Waals surface area contributed by atoms with Crippen LogP contribution in [-0.2, 0) is 13.6 Å². The number of halogens is 1. The summed E-state index contributed by atoms with van der Waals surface area (Å²) in [5.41, 5.74) is 1.55. The number of hydrogen-bond acceptors (Lipinski definition) is 2. The molecule has 0 spiro atoms. The van der Waals surface area contributed by atoms with Gasteiger partial charge in [0, 0.05) is 26.3 Å². The number of aliphatic imine (C=N–C) groups is 1. The summed E-state index contributed by atoms with van der Waals surface area (Å²) in [6, 6.07) is 2.54. The van der Waals surface area contributed by atoms with E-state index >= 15 is 0 Å². The third kappa shape index (κ3) is 3.60. The molecule has 1 aliphatic rings. The predicted octanol–water partition coefficient (Wildman–Crippen LogP) is 1.50. The highest BCUT2D eigenvalue weighted by Gasteiger charge is 2.46. The minimum absolute atomic E-state index is 0. The quantitative estimate of drug-likeness (QED) is 0.486. The van der Waals surface area contributed by atoms with E-state index in [0.717, 1.165) is 18.2 Å². The summed E-state index contributed by atoms with van der Waals surface area (Å²) in [4.78, 5) is 4.23. The van der Waals surface area contributed by atoms with Gasteiger partial charge in [0.15, 0.2) is 5.96 Å². The van der Waals surface area contributed by atoms with Crippen LogP contribution in [0.2, 0.25) is 0 Å². The molecule has 0 saturated heterocycles. The Morgan fingerprint density at radius 1 is 1.61 bits per heavy atom. The lowest BCUT2D eigenvalue weighted by molar-refractivity contribution is 0.587. The molecule has 6 heteroatoms. The van der Waals surface area contributed by atoms with E-state index in [4.69, 9.17) is 0 Å². The van der Waals surface area contributed by atoms with Gasteiger partial charge in [-0.2, -0.15) is 5.10 Å². The van der Waals surface area contributed by atoms with Gasteiger partial charge in [0.1, 0.15) is 0 Å². The number of hydrogen-bond donors (Lipinski definition) is 2. The number of nitrogens with zero attached hydrogens (tertiary/aromatic N) is 3. The van der Waals surface area contributed by atoms with Crippen LogP contribution in [-0.4, -0.2) is 28.8 Å². The van der Waals surface area contributed by atoms with Crippen molar-refractivity contribution in [3.05, 3.63) is 18.0 Å². The minimum Gasteiger partial charge on any atom is -0.353 e. The highest BCUT2D eigenvalue weighted by molar-refractivity contribution is 14.0. The van der Waals surface area contributed by atoms with Crippen molar-refractivity contribution in [2.24, 2.45) is 17.5 Å². The number of guanidine groups is 1. The summed E-state index contributed by atoms with van der Waals surface area (Å²) < 4.78 is 1.86. The second kappa shape index (κ2) is 5.90. The summed E-state index contributed by atoms with van der Waals surface area (Å²) in [5, 5.41) is 10.9. The normalized spacial score (nSPS) is 21.1. The first-order chi connectivity index (χ1) is 8.03. The van der Waals surface area contributed by atoms with Crippen molar-refractivity contribution in [2.45, 2.75) is 32.9 Å². The van der Waals surface area contributed by atoms with Gasteiger partial charge in [-0.25, -0.2) is 0 Å². The molecule has 1 unspecified atom stereocenters. The van der Waals surface area contributed by atoms with E-state index in [-0.39, 0.29) is 24.0 Å². The maximum absolute atomic E-state index is 4.23. The fourth-order valence-electron chi connectivity index (χ4n) is 1.82. The van der Waals surface area contributed by atoms with Crippen molar-refractivity contribution in [1.29, 1.82) is 0 Å². The van der Waals surface area contributed by atoms with Crippen molar-refractivity contribution in [1.82, 2.24) is 20.4 Å². The van der Waals surface area contributed by atoms with Gasteiger partial charge in [0.25, 0.3) is 0 Å². The summed E-state index contributed by atoms with van der Waals surface area (Å²) in [5.74, 6) is 0.863. The van der Waals surface area contributed by atoms with Crippen LogP contribution in [0, 0.1) is 5.41 Å². The molecule has 0 aromatic carbocycles. The number of rotatable bonds is 3. The minimum atomic E-state index is 0. The Kier molecular flexibility index (Phi) is 5.01. The molecule has 1 aliphatic carbocycles. The van der Waals surface area contributed by atoms with Gasteiger partial charge in [0.05, 0.1) is 12.2 Å². The Bertz CT molecular complexity index is 424. The molecule has 0 aliphatic heterocycles. The summed E-state index contributed by atoms with van der Waals surface area (Å²) in [6.45, 7) is 5.27. The van der Waals surface area contributed by atoms with Crippen LogP contribution < -0.4 is 10.6 Å². The van der Waals surface area contributed by atoms with Crippen LogP contribution in [0.1, 0.15) is 26.0 Å². The molecular weight excluding hydrogens is 341 g/mol. The van der Waals surface area contributed by atoms with Crippen molar-refractivity contribution in [2.75, 3.05) is 7.05 Å². The Hall–Kier alpha value is -0.790. The molecule has 1 atom stereocenters. The van der Waals surface area contributed by atoms with E-state index in [1.165, 1.54) is 6.42 Å². The average molecular weight is 363 g/mol. The maximum Gasteiger partial charge on any atom is 0.191 e. The Morgan fingerprint density at radius 2 is 2.28 bits per heavy atom. The second-order valence-corrected chi connectivity index (χ2v) is 5.26. The first-order valence-corrected chi connectivity index (χ1v) is 5.97. The first kappa shape index (κ1) is 15.3. The van der Waals surface area contributed by atoms with Gasteiger partial charge in [-0.15, -0.1) is 24.0 Å². The highest BCUT2D eigenvalue weighted by Crippen LogP contribution is 2.44. The third-order valence-electron chi connectivity index (χ3n) is 3.41. The van der Waals surface area contributed by atoms with E-state index in [1.54, 1.807) is 13.2 Å². The molecule has 5 nitrogen and oxygen atoms in total. The lowest BCUT2D eigenvalue weighted by atomic mass is 10.2. The molecule has 18 heavy (non-hydrogen) atoms. The van der Waals surface area contributed by atoms with E-state index in [9.17, 15) is 0 Å². The lowest BCUT2D eigenvalue weighted by Gasteiger charge is -2.13. The zero-order valence-corrected chi connectivity index (χ0v) is 13.7. The van der Waals surface area contributed by atoms with E-state index < -0.39 is 0 Å². The van der Waals surface area contributed by atoms with Gasteiger partial charge in [-0.05, 0) is 17.9 Å². The van der Waals surface area contributed by atoms with Crippen molar-refractivity contribution < 1.29 is 0 Å². The molecule has 1 heterocycles. The molecule has 1 aromatic rings. The maximum atomic E-state index is 4.23. The van der Waals surface area contributed by atoms with Gasteiger partial charge in [-0.1, -0.05) is 13.8 Å². The van der Waals surface area contributed by atoms with Gasteiger partial charge < -0.3 is 10.6 Å². The van der Waals surface area contributed by atoms with Gasteiger partial charge in [-0.3, -0.25) is 9.67 Å². The van der Waals surface area contributed by atoms with E-state index in [2.05, 4.69) is 34.6 Å². The van der Waals surface area contributed by atoms with Crippen molar-refractivity contribution >= 4 is 29.9 Å². The zero-order chi connectivity index (χ0) is 12.5.